The smallest absolute Gasteiger partial charge is 0.342 e. The standard InChI is InChI=1S/C17H17NO5/c1-11(23-17(21)14-5-3-4-6-15(14)19)16(20)18-12-7-9-13(22-2)10-8-12/h3-11,19H,1-2H3,(H,18,20)/t11-/m0/s1. The molecule has 0 aliphatic heterocycles. The van der Waals surface area contributed by atoms with Crippen LogP contribution in [-0.2, 0) is 9.53 Å². The number of rotatable bonds is 5. The topological polar surface area (TPSA) is 84.9 Å². The van der Waals surface area contributed by atoms with Crippen LogP contribution in [-0.4, -0.2) is 30.2 Å². The first-order valence-corrected chi connectivity index (χ1v) is 6.95. The first-order valence-electron chi connectivity index (χ1n) is 6.95. The zero-order chi connectivity index (χ0) is 16.8. The number of ether oxygens (including phenoxy) is 2. The highest BCUT2D eigenvalue weighted by molar-refractivity contribution is 5.98. The summed E-state index contributed by atoms with van der Waals surface area (Å²) in [5, 5.41) is 12.2. The van der Waals surface area contributed by atoms with Crippen molar-refractivity contribution in [2.75, 3.05) is 12.4 Å². The molecule has 1 atom stereocenters. The van der Waals surface area contributed by atoms with Crippen molar-refractivity contribution < 1.29 is 24.2 Å². The molecule has 0 fully saturated rings. The molecule has 2 rings (SSSR count). The molecule has 6 heteroatoms. The second kappa shape index (κ2) is 7.31. The van der Waals surface area contributed by atoms with E-state index in [0.717, 1.165) is 0 Å². The van der Waals surface area contributed by atoms with Crippen molar-refractivity contribution in [2.24, 2.45) is 0 Å². The van der Waals surface area contributed by atoms with Crippen LogP contribution < -0.4 is 10.1 Å². The maximum Gasteiger partial charge on any atom is 0.342 e. The highest BCUT2D eigenvalue weighted by Crippen LogP contribution is 2.18. The first kappa shape index (κ1) is 16.4. The van der Waals surface area contributed by atoms with Gasteiger partial charge in [-0.1, -0.05) is 12.1 Å². The number of aromatic hydroxyl groups is 1. The molecule has 0 unspecified atom stereocenters. The van der Waals surface area contributed by atoms with Crippen molar-refractivity contribution in [3.8, 4) is 11.5 Å². The molecule has 0 aliphatic carbocycles. The summed E-state index contributed by atoms with van der Waals surface area (Å²) in [7, 11) is 1.55. The van der Waals surface area contributed by atoms with Crippen LogP contribution in [0.3, 0.4) is 0 Å². The molecule has 0 radical (unpaired) electrons. The number of hydrogen-bond acceptors (Lipinski definition) is 5. The summed E-state index contributed by atoms with van der Waals surface area (Å²) in [5.74, 6) is -0.762. The van der Waals surface area contributed by atoms with Crippen molar-refractivity contribution in [3.05, 3.63) is 54.1 Å². The SMILES string of the molecule is COc1ccc(NC(=O)[C@H](C)OC(=O)c2ccccc2O)cc1. The van der Waals surface area contributed by atoms with E-state index in [4.69, 9.17) is 9.47 Å². The molecule has 2 aromatic carbocycles. The van der Waals surface area contributed by atoms with Crippen molar-refractivity contribution in [3.63, 3.8) is 0 Å². The number of carbonyl (C=O) groups excluding carboxylic acids is 2. The minimum absolute atomic E-state index is 0.0107. The quantitative estimate of drug-likeness (QED) is 0.828. The van der Waals surface area contributed by atoms with Gasteiger partial charge in [0.05, 0.1) is 7.11 Å². The minimum atomic E-state index is -1.01. The number of nitrogens with one attached hydrogen (secondary N) is 1. The van der Waals surface area contributed by atoms with Gasteiger partial charge in [-0.2, -0.15) is 0 Å². The fourth-order valence-corrected chi connectivity index (χ4v) is 1.84. The number of anilines is 1. The number of carbonyl (C=O) groups is 2. The van der Waals surface area contributed by atoms with Gasteiger partial charge in [-0.15, -0.1) is 0 Å². The van der Waals surface area contributed by atoms with Crippen molar-refractivity contribution in [2.45, 2.75) is 13.0 Å². The van der Waals surface area contributed by atoms with Crippen LogP contribution in [0, 0.1) is 0 Å². The molecule has 1 amide bonds. The molecule has 23 heavy (non-hydrogen) atoms. The number of phenols is 1. The largest absolute Gasteiger partial charge is 0.507 e. The maximum absolute atomic E-state index is 12.0. The van der Waals surface area contributed by atoms with Gasteiger partial charge in [-0.05, 0) is 43.3 Å². The Kier molecular flexibility index (Phi) is 5.19. The number of amides is 1. The van der Waals surface area contributed by atoms with Gasteiger partial charge in [0, 0.05) is 5.69 Å². The molecular formula is C17H17NO5. The van der Waals surface area contributed by atoms with E-state index in [1.807, 2.05) is 0 Å². The molecule has 0 spiro atoms. The third kappa shape index (κ3) is 4.23. The fraction of sp³-hybridized carbons (Fsp3) is 0.176. The molecule has 6 nitrogen and oxygen atoms in total. The number of phenolic OH excluding ortho intramolecular Hbond substituents is 1. The lowest BCUT2D eigenvalue weighted by Crippen LogP contribution is -2.30. The highest BCUT2D eigenvalue weighted by atomic mass is 16.5. The van der Waals surface area contributed by atoms with Gasteiger partial charge < -0.3 is 19.9 Å². The molecule has 0 aliphatic rings. The Balaban J connectivity index is 1.96. The maximum atomic E-state index is 12.0. The van der Waals surface area contributed by atoms with Gasteiger partial charge in [-0.25, -0.2) is 4.79 Å². The molecule has 0 aromatic heterocycles. The van der Waals surface area contributed by atoms with Gasteiger partial charge in [0.25, 0.3) is 5.91 Å². The Bertz CT molecular complexity index is 696. The van der Waals surface area contributed by atoms with Gasteiger partial charge in [0.15, 0.2) is 6.10 Å². The van der Waals surface area contributed by atoms with E-state index in [1.54, 1.807) is 43.5 Å². The Morgan fingerprint density at radius 2 is 1.74 bits per heavy atom. The van der Waals surface area contributed by atoms with Crippen LogP contribution >= 0.6 is 0 Å². The third-order valence-corrected chi connectivity index (χ3v) is 3.13. The van der Waals surface area contributed by atoms with E-state index in [0.29, 0.717) is 11.4 Å². The van der Waals surface area contributed by atoms with E-state index >= 15 is 0 Å². The third-order valence-electron chi connectivity index (χ3n) is 3.13. The molecule has 0 heterocycles. The minimum Gasteiger partial charge on any atom is -0.507 e. The normalized spacial score (nSPS) is 11.4. The lowest BCUT2D eigenvalue weighted by molar-refractivity contribution is -0.123. The predicted molar refractivity (Wildman–Crippen MR) is 84.6 cm³/mol. The summed E-state index contributed by atoms with van der Waals surface area (Å²) in [6, 6.07) is 12.7. The fourth-order valence-electron chi connectivity index (χ4n) is 1.84. The van der Waals surface area contributed by atoms with Crippen LogP contribution in [0.2, 0.25) is 0 Å². The second-order valence-electron chi connectivity index (χ2n) is 4.78. The zero-order valence-corrected chi connectivity index (χ0v) is 12.8. The lowest BCUT2D eigenvalue weighted by Gasteiger charge is -2.14. The molecule has 2 aromatic rings. The van der Waals surface area contributed by atoms with Crippen molar-refractivity contribution in [1.82, 2.24) is 0 Å². The predicted octanol–water partition coefficient (Wildman–Crippen LogP) is 2.58. The van der Waals surface area contributed by atoms with Crippen molar-refractivity contribution >= 4 is 17.6 Å². The Labute approximate surface area is 133 Å². The zero-order valence-electron chi connectivity index (χ0n) is 12.8. The van der Waals surface area contributed by atoms with Gasteiger partial charge in [0.1, 0.15) is 17.1 Å². The number of esters is 1. The summed E-state index contributed by atoms with van der Waals surface area (Å²) in [6.07, 6.45) is -1.01. The second-order valence-corrected chi connectivity index (χ2v) is 4.78. The van der Waals surface area contributed by atoms with Gasteiger partial charge in [-0.3, -0.25) is 4.79 Å². The van der Waals surface area contributed by atoms with Crippen molar-refractivity contribution in [1.29, 1.82) is 0 Å². The van der Waals surface area contributed by atoms with E-state index in [2.05, 4.69) is 5.32 Å². The number of hydrogen-bond donors (Lipinski definition) is 2. The summed E-state index contributed by atoms with van der Waals surface area (Å²) < 4.78 is 10.1. The van der Waals surface area contributed by atoms with Crippen LogP contribution in [0.25, 0.3) is 0 Å². The number of methoxy groups -OCH3 is 1. The van der Waals surface area contributed by atoms with Crippen LogP contribution in [0.5, 0.6) is 11.5 Å². The molecule has 0 bridgehead atoms. The molecular weight excluding hydrogens is 298 g/mol. The molecule has 0 saturated heterocycles. The van der Waals surface area contributed by atoms with Crippen LogP contribution in [0.15, 0.2) is 48.5 Å². The summed E-state index contributed by atoms with van der Waals surface area (Å²) >= 11 is 0. The highest BCUT2D eigenvalue weighted by Gasteiger charge is 2.20. The van der Waals surface area contributed by atoms with Gasteiger partial charge in [0.2, 0.25) is 0 Å². The molecule has 2 N–H and O–H groups in total. The Hall–Kier alpha value is -3.02. The summed E-state index contributed by atoms with van der Waals surface area (Å²) in [5.41, 5.74) is 0.567. The van der Waals surface area contributed by atoms with Crippen LogP contribution in [0.1, 0.15) is 17.3 Å². The number of benzene rings is 2. The van der Waals surface area contributed by atoms with E-state index < -0.39 is 18.0 Å². The Morgan fingerprint density at radius 3 is 2.35 bits per heavy atom. The van der Waals surface area contributed by atoms with E-state index in [1.165, 1.54) is 19.1 Å². The Morgan fingerprint density at radius 1 is 1.09 bits per heavy atom. The average Bonchev–Trinajstić information content (AvgIpc) is 2.55. The summed E-state index contributed by atoms with van der Waals surface area (Å²) in [4.78, 5) is 24.0. The van der Waals surface area contributed by atoms with E-state index in [-0.39, 0.29) is 11.3 Å². The monoisotopic (exact) mass is 315 g/mol. The number of para-hydroxylation sites is 1. The molecule has 120 valence electrons. The average molecular weight is 315 g/mol. The first-order chi connectivity index (χ1) is 11.0. The lowest BCUT2D eigenvalue weighted by atomic mass is 10.2. The summed E-state index contributed by atoms with van der Waals surface area (Å²) in [6.45, 7) is 1.46. The van der Waals surface area contributed by atoms with Gasteiger partial charge >= 0.3 is 5.97 Å². The van der Waals surface area contributed by atoms with E-state index in [9.17, 15) is 14.7 Å². The van der Waals surface area contributed by atoms with Crippen LogP contribution in [0.4, 0.5) is 5.69 Å². The molecule has 0 saturated carbocycles.